The van der Waals surface area contributed by atoms with Gasteiger partial charge >= 0.3 is 0 Å². The molecule has 8 heteroatoms. The summed E-state index contributed by atoms with van der Waals surface area (Å²) < 4.78 is 2.05. The van der Waals surface area contributed by atoms with E-state index in [4.69, 9.17) is 0 Å². The average molecular weight is 438 g/mol. The van der Waals surface area contributed by atoms with Gasteiger partial charge in [-0.25, -0.2) is 4.98 Å². The first-order valence-electron chi connectivity index (χ1n) is 11.3. The summed E-state index contributed by atoms with van der Waals surface area (Å²) in [6.07, 6.45) is 10.0. The number of hydrogen-bond donors (Lipinski definition) is 1. The molecule has 0 saturated heterocycles. The highest BCUT2D eigenvalue weighted by Crippen LogP contribution is 2.39. The molecule has 0 aromatic carbocycles. The zero-order valence-corrected chi connectivity index (χ0v) is 18.3. The van der Waals surface area contributed by atoms with Crippen LogP contribution < -0.4 is 5.32 Å². The third-order valence-corrected chi connectivity index (χ3v) is 6.16. The molecule has 0 aliphatic heterocycles. The first-order valence-corrected chi connectivity index (χ1v) is 11.3. The molecule has 0 radical (unpaired) electrons. The molecule has 164 valence electrons. The fourth-order valence-corrected chi connectivity index (χ4v) is 4.00. The first-order chi connectivity index (χ1) is 16.2. The maximum Gasteiger partial charge on any atom is 0.275 e. The summed E-state index contributed by atoms with van der Waals surface area (Å²) in [6.45, 7) is 1.99. The maximum atomic E-state index is 13.0. The van der Waals surface area contributed by atoms with Crippen molar-refractivity contribution in [2.75, 3.05) is 5.32 Å². The number of rotatable bonds is 6. The van der Waals surface area contributed by atoms with Crippen LogP contribution in [0.15, 0.2) is 55.1 Å². The van der Waals surface area contributed by atoms with E-state index >= 15 is 0 Å². The van der Waals surface area contributed by atoms with Crippen molar-refractivity contribution in [3.05, 3.63) is 72.1 Å². The summed E-state index contributed by atoms with van der Waals surface area (Å²) in [5, 5.41) is 11.1. The van der Waals surface area contributed by atoms with E-state index in [1.54, 1.807) is 18.6 Å². The molecule has 1 amide bonds. The minimum atomic E-state index is -0.313. The lowest BCUT2D eigenvalue weighted by atomic mass is 10.0. The van der Waals surface area contributed by atoms with E-state index in [1.165, 1.54) is 12.8 Å². The zero-order chi connectivity index (χ0) is 22.4. The number of carbonyl (C=O) groups excluding carboxylic acids is 1. The Balaban J connectivity index is 1.24. The predicted octanol–water partition coefficient (Wildman–Crippen LogP) is 4.57. The topological polar surface area (TPSA) is 98.5 Å². The standard InChI is InChI=1S/C25H23N7O/c1-15-12-26-22(11-19(15)17-7-10-20(27-13-17)16-5-6-16)25(33)30-23-4-2-3-21(29-23)24-31-28-14-32(24)18-8-9-18/h2-4,7,10-14,16,18H,5-6,8-9H2,1H3,(H,29,30,33). The second kappa shape index (κ2) is 7.88. The number of anilines is 1. The molecule has 2 aliphatic rings. The van der Waals surface area contributed by atoms with Gasteiger partial charge in [0.25, 0.3) is 5.91 Å². The van der Waals surface area contributed by atoms with E-state index in [9.17, 15) is 4.79 Å². The molecule has 33 heavy (non-hydrogen) atoms. The summed E-state index contributed by atoms with van der Waals surface area (Å²) in [7, 11) is 0. The van der Waals surface area contributed by atoms with E-state index in [-0.39, 0.29) is 5.91 Å². The average Bonchev–Trinajstić information content (AvgIpc) is 3.78. The Morgan fingerprint density at radius 3 is 2.70 bits per heavy atom. The highest BCUT2D eigenvalue weighted by Gasteiger charge is 2.27. The van der Waals surface area contributed by atoms with Crippen LogP contribution in [0.3, 0.4) is 0 Å². The normalized spacial score (nSPS) is 15.4. The number of amides is 1. The molecular formula is C25H23N7O. The summed E-state index contributed by atoms with van der Waals surface area (Å²) in [6, 6.07) is 11.9. The van der Waals surface area contributed by atoms with Crippen LogP contribution >= 0.6 is 0 Å². The van der Waals surface area contributed by atoms with Crippen molar-refractivity contribution < 1.29 is 4.79 Å². The Bertz CT molecular complexity index is 1340. The van der Waals surface area contributed by atoms with E-state index in [0.29, 0.717) is 35.0 Å². The molecule has 2 fully saturated rings. The fourth-order valence-electron chi connectivity index (χ4n) is 4.00. The van der Waals surface area contributed by atoms with Crippen LogP contribution in [0.4, 0.5) is 5.82 Å². The number of pyridine rings is 3. The highest BCUT2D eigenvalue weighted by molar-refractivity contribution is 6.03. The molecule has 0 bridgehead atoms. The molecule has 4 aromatic heterocycles. The van der Waals surface area contributed by atoms with Gasteiger partial charge in [-0.1, -0.05) is 12.1 Å². The number of nitrogens with one attached hydrogen (secondary N) is 1. The van der Waals surface area contributed by atoms with Gasteiger partial charge in [0.15, 0.2) is 5.82 Å². The van der Waals surface area contributed by atoms with Gasteiger partial charge in [-0.3, -0.25) is 14.8 Å². The first kappa shape index (κ1) is 19.7. The molecule has 2 aliphatic carbocycles. The smallest absolute Gasteiger partial charge is 0.275 e. The molecule has 4 heterocycles. The molecule has 0 unspecified atom stereocenters. The Kier molecular flexibility index (Phi) is 4.71. The van der Waals surface area contributed by atoms with Crippen molar-refractivity contribution in [1.82, 2.24) is 29.7 Å². The molecule has 4 aromatic rings. The molecule has 2 saturated carbocycles. The lowest BCUT2D eigenvalue weighted by Crippen LogP contribution is -2.15. The predicted molar refractivity (Wildman–Crippen MR) is 124 cm³/mol. The highest BCUT2D eigenvalue weighted by atomic mass is 16.1. The van der Waals surface area contributed by atoms with E-state index in [1.807, 2.05) is 35.9 Å². The quantitative estimate of drug-likeness (QED) is 0.474. The SMILES string of the molecule is Cc1cnc(C(=O)Nc2cccc(-c3nncn3C3CC3)n2)cc1-c1ccc(C2CC2)nc1. The second-order valence-electron chi connectivity index (χ2n) is 8.79. The molecule has 8 nitrogen and oxygen atoms in total. The van der Waals surface area contributed by atoms with Gasteiger partial charge in [-0.05, 0) is 68.0 Å². The van der Waals surface area contributed by atoms with Crippen molar-refractivity contribution in [1.29, 1.82) is 0 Å². The summed E-state index contributed by atoms with van der Waals surface area (Å²) in [5.41, 5.74) is 5.07. The van der Waals surface area contributed by atoms with Crippen LogP contribution in [0, 0.1) is 6.92 Å². The summed E-state index contributed by atoms with van der Waals surface area (Å²) in [5.74, 6) is 1.46. The van der Waals surface area contributed by atoms with Crippen LogP contribution in [0.2, 0.25) is 0 Å². The van der Waals surface area contributed by atoms with E-state index < -0.39 is 0 Å². The van der Waals surface area contributed by atoms with Crippen LogP contribution in [-0.2, 0) is 0 Å². The van der Waals surface area contributed by atoms with Gasteiger partial charge < -0.3 is 9.88 Å². The number of hydrogen-bond acceptors (Lipinski definition) is 6. The molecule has 0 spiro atoms. The van der Waals surface area contributed by atoms with Gasteiger partial charge in [0, 0.05) is 35.6 Å². The fraction of sp³-hybridized carbons (Fsp3) is 0.280. The molecular weight excluding hydrogens is 414 g/mol. The largest absolute Gasteiger partial charge is 0.309 e. The Hall–Kier alpha value is -3.94. The lowest BCUT2D eigenvalue weighted by Gasteiger charge is -2.10. The van der Waals surface area contributed by atoms with Gasteiger partial charge in [0.2, 0.25) is 0 Å². The third-order valence-electron chi connectivity index (χ3n) is 6.16. The zero-order valence-electron chi connectivity index (χ0n) is 18.3. The Morgan fingerprint density at radius 2 is 1.94 bits per heavy atom. The van der Waals surface area contributed by atoms with Crippen molar-refractivity contribution in [2.24, 2.45) is 0 Å². The molecule has 6 rings (SSSR count). The van der Waals surface area contributed by atoms with Crippen LogP contribution in [0.5, 0.6) is 0 Å². The van der Waals surface area contributed by atoms with Crippen LogP contribution in [0.1, 0.15) is 59.4 Å². The maximum absolute atomic E-state index is 13.0. The van der Waals surface area contributed by atoms with Crippen molar-refractivity contribution >= 4 is 11.7 Å². The lowest BCUT2D eigenvalue weighted by molar-refractivity contribution is 0.102. The summed E-state index contributed by atoms with van der Waals surface area (Å²) in [4.78, 5) is 26.5. The molecule has 0 atom stereocenters. The van der Waals surface area contributed by atoms with Crippen molar-refractivity contribution in [3.8, 4) is 22.6 Å². The molecule has 1 N–H and O–H groups in total. The van der Waals surface area contributed by atoms with Crippen LogP contribution in [-0.4, -0.2) is 35.6 Å². The van der Waals surface area contributed by atoms with E-state index in [2.05, 4.69) is 42.6 Å². The Labute approximate surface area is 191 Å². The second-order valence-corrected chi connectivity index (χ2v) is 8.79. The van der Waals surface area contributed by atoms with Gasteiger partial charge in [-0.15, -0.1) is 10.2 Å². The third kappa shape index (κ3) is 4.00. The Morgan fingerprint density at radius 1 is 1.06 bits per heavy atom. The van der Waals surface area contributed by atoms with Gasteiger partial charge in [0.1, 0.15) is 23.5 Å². The number of carbonyl (C=O) groups is 1. The number of aryl methyl sites for hydroxylation is 1. The van der Waals surface area contributed by atoms with Crippen molar-refractivity contribution in [2.45, 2.75) is 44.6 Å². The van der Waals surface area contributed by atoms with Gasteiger partial charge in [0.05, 0.1) is 0 Å². The minimum Gasteiger partial charge on any atom is -0.309 e. The minimum absolute atomic E-state index is 0.313. The van der Waals surface area contributed by atoms with Crippen LogP contribution in [0.25, 0.3) is 22.6 Å². The van der Waals surface area contributed by atoms with Crippen molar-refractivity contribution in [3.63, 3.8) is 0 Å². The van der Waals surface area contributed by atoms with Gasteiger partial charge in [-0.2, -0.15) is 0 Å². The number of aromatic nitrogens is 6. The number of nitrogens with zero attached hydrogens (tertiary/aromatic N) is 6. The monoisotopic (exact) mass is 437 g/mol. The summed E-state index contributed by atoms with van der Waals surface area (Å²) >= 11 is 0. The van der Waals surface area contributed by atoms with E-state index in [0.717, 1.165) is 35.2 Å².